The SMILES string of the molecule is CCCCCOCNC. The third-order valence-corrected chi connectivity index (χ3v) is 1.14. The summed E-state index contributed by atoms with van der Waals surface area (Å²) in [5.74, 6) is 0. The molecule has 56 valence electrons. The van der Waals surface area contributed by atoms with Crippen LogP contribution in [0.2, 0.25) is 0 Å². The van der Waals surface area contributed by atoms with E-state index in [-0.39, 0.29) is 0 Å². The molecule has 0 fully saturated rings. The van der Waals surface area contributed by atoms with Crippen molar-refractivity contribution in [3.63, 3.8) is 0 Å². The second-order valence-corrected chi connectivity index (χ2v) is 2.11. The first-order valence-electron chi connectivity index (χ1n) is 3.64. The quantitative estimate of drug-likeness (QED) is 0.434. The fourth-order valence-electron chi connectivity index (χ4n) is 0.628. The van der Waals surface area contributed by atoms with E-state index in [9.17, 15) is 0 Å². The predicted octanol–water partition coefficient (Wildman–Crippen LogP) is 1.37. The molecule has 2 heteroatoms. The molecular formula is C7H17NO. The third kappa shape index (κ3) is 7.92. The van der Waals surface area contributed by atoms with Gasteiger partial charge in [0.25, 0.3) is 0 Å². The molecule has 0 aromatic carbocycles. The van der Waals surface area contributed by atoms with Gasteiger partial charge in [0.15, 0.2) is 0 Å². The number of rotatable bonds is 6. The Morgan fingerprint density at radius 3 is 2.67 bits per heavy atom. The van der Waals surface area contributed by atoms with Crippen molar-refractivity contribution in [3.8, 4) is 0 Å². The van der Waals surface area contributed by atoms with E-state index in [1.54, 1.807) is 0 Å². The third-order valence-electron chi connectivity index (χ3n) is 1.14. The molecule has 0 aromatic rings. The fourth-order valence-corrected chi connectivity index (χ4v) is 0.628. The molecule has 0 spiro atoms. The monoisotopic (exact) mass is 131 g/mol. The molecule has 0 heterocycles. The summed E-state index contributed by atoms with van der Waals surface area (Å²) >= 11 is 0. The minimum Gasteiger partial charge on any atom is -0.366 e. The average Bonchev–Trinajstić information content (AvgIpc) is 1.89. The summed E-state index contributed by atoms with van der Waals surface area (Å²) < 4.78 is 5.17. The zero-order valence-electron chi connectivity index (χ0n) is 6.44. The minimum atomic E-state index is 0.684. The van der Waals surface area contributed by atoms with E-state index < -0.39 is 0 Å². The van der Waals surface area contributed by atoms with Gasteiger partial charge in [-0.15, -0.1) is 0 Å². The molecule has 0 atom stereocenters. The molecule has 1 N–H and O–H groups in total. The highest BCUT2D eigenvalue weighted by Crippen LogP contribution is 1.92. The summed E-state index contributed by atoms with van der Waals surface area (Å²) in [6.45, 7) is 3.77. The van der Waals surface area contributed by atoms with Crippen LogP contribution in [-0.4, -0.2) is 20.4 Å². The first-order valence-corrected chi connectivity index (χ1v) is 3.64. The maximum atomic E-state index is 5.17. The van der Waals surface area contributed by atoms with Gasteiger partial charge in [0, 0.05) is 6.61 Å². The first-order chi connectivity index (χ1) is 4.41. The molecule has 0 aliphatic rings. The van der Waals surface area contributed by atoms with E-state index in [0.717, 1.165) is 6.61 Å². The van der Waals surface area contributed by atoms with Gasteiger partial charge in [0.1, 0.15) is 0 Å². The van der Waals surface area contributed by atoms with Gasteiger partial charge in [0.2, 0.25) is 0 Å². The Morgan fingerprint density at radius 1 is 1.33 bits per heavy atom. The van der Waals surface area contributed by atoms with Crippen molar-refractivity contribution in [2.75, 3.05) is 20.4 Å². The van der Waals surface area contributed by atoms with Crippen LogP contribution in [-0.2, 0) is 4.74 Å². The van der Waals surface area contributed by atoms with Crippen molar-refractivity contribution < 1.29 is 4.74 Å². The zero-order valence-corrected chi connectivity index (χ0v) is 6.44. The number of hydrogen-bond acceptors (Lipinski definition) is 2. The van der Waals surface area contributed by atoms with E-state index in [1.807, 2.05) is 7.05 Å². The highest BCUT2D eigenvalue weighted by Gasteiger charge is 1.84. The van der Waals surface area contributed by atoms with Crippen LogP contribution in [0.1, 0.15) is 26.2 Å². The number of nitrogens with one attached hydrogen (secondary N) is 1. The Labute approximate surface area is 57.6 Å². The summed E-state index contributed by atoms with van der Waals surface area (Å²) in [4.78, 5) is 0. The smallest absolute Gasteiger partial charge is 0.0962 e. The maximum absolute atomic E-state index is 5.17. The molecule has 0 saturated heterocycles. The second-order valence-electron chi connectivity index (χ2n) is 2.11. The van der Waals surface area contributed by atoms with Crippen molar-refractivity contribution in [1.82, 2.24) is 5.32 Å². The lowest BCUT2D eigenvalue weighted by Crippen LogP contribution is -2.11. The summed E-state index contributed by atoms with van der Waals surface area (Å²) in [7, 11) is 1.89. The highest BCUT2D eigenvalue weighted by atomic mass is 16.5. The molecule has 0 bridgehead atoms. The Hall–Kier alpha value is -0.0800. The van der Waals surface area contributed by atoms with E-state index in [0.29, 0.717) is 6.73 Å². The lowest BCUT2D eigenvalue weighted by Gasteiger charge is -2.00. The largest absolute Gasteiger partial charge is 0.366 e. The fraction of sp³-hybridized carbons (Fsp3) is 1.00. The average molecular weight is 131 g/mol. The molecule has 0 aliphatic carbocycles. The Bertz CT molecular complexity index is 42.2. The minimum absolute atomic E-state index is 0.684. The Kier molecular flexibility index (Phi) is 7.85. The van der Waals surface area contributed by atoms with Crippen molar-refractivity contribution >= 4 is 0 Å². The summed E-state index contributed by atoms with van der Waals surface area (Å²) in [6.07, 6.45) is 3.74. The van der Waals surface area contributed by atoms with Crippen LogP contribution in [0.25, 0.3) is 0 Å². The molecule has 0 aromatic heterocycles. The molecule has 0 aliphatic heterocycles. The Balaban J connectivity index is 2.60. The lowest BCUT2D eigenvalue weighted by molar-refractivity contribution is 0.118. The molecule has 9 heavy (non-hydrogen) atoms. The molecule has 0 unspecified atom stereocenters. The van der Waals surface area contributed by atoms with Crippen LogP contribution >= 0.6 is 0 Å². The van der Waals surface area contributed by atoms with Crippen LogP contribution in [0.4, 0.5) is 0 Å². The molecule has 0 rings (SSSR count). The lowest BCUT2D eigenvalue weighted by atomic mass is 10.3. The van der Waals surface area contributed by atoms with E-state index >= 15 is 0 Å². The highest BCUT2D eigenvalue weighted by molar-refractivity contribution is 4.34. The van der Waals surface area contributed by atoms with Gasteiger partial charge in [-0.1, -0.05) is 19.8 Å². The summed E-state index contributed by atoms with van der Waals surface area (Å²) in [5, 5.41) is 2.92. The van der Waals surface area contributed by atoms with Crippen LogP contribution < -0.4 is 5.32 Å². The second kappa shape index (κ2) is 7.92. The van der Waals surface area contributed by atoms with Gasteiger partial charge >= 0.3 is 0 Å². The standard InChI is InChI=1S/C7H17NO/c1-3-4-5-6-9-7-8-2/h8H,3-7H2,1-2H3. The van der Waals surface area contributed by atoms with Crippen LogP contribution in [0.15, 0.2) is 0 Å². The predicted molar refractivity (Wildman–Crippen MR) is 39.4 cm³/mol. The van der Waals surface area contributed by atoms with Crippen molar-refractivity contribution in [1.29, 1.82) is 0 Å². The van der Waals surface area contributed by atoms with E-state index in [1.165, 1.54) is 19.3 Å². The zero-order chi connectivity index (χ0) is 6.95. The van der Waals surface area contributed by atoms with Crippen LogP contribution in [0.3, 0.4) is 0 Å². The van der Waals surface area contributed by atoms with Crippen molar-refractivity contribution in [2.45, 2.75) is 26.2 Å². The Morgan fingerprint density at radius 2 is 2.11 bits per heavy atom. The normalized spacial score (nSPS) is 10.0. The number of unbranched alkanes of at least 4 members (excludes halogenated alkanes) is 2. The first kappa shape index (κ1) is 8.92. The van der Waals surface area contributed by atoms with E-state index in [4.69, 9.17) is 4.74 Å². The van der Waals surface area contributed by atoms with Gasteiger partial charge in [-0.2, -0.15) is 0 Å². The maximum Gasteiger partial charge on any atom is 0.0962 e. The number of ether oxygens (including phenoxy) is 1. The van der Waals surface area contributed by atoms with Crippen LogP contribution in [0, 0.1) is 0 Å². The van der Waals surface area contributed by atoms with Crippen LogP contribution in [0.5, 0.6) is 0 Å². The molecular weight excluding hydrogens is 114 g/mol. The van der Waals surface area contributed by atoms with E-state index in [2.05, 4.69) is 12.2 Å². The summed E-state index contributed by atoms with van der Waals surface area (Å²) in [5.41, 5.74) is 0. The molecule has 0 radical (unpaired) electrons. The topological polar surface area (TPSA) is 21.3 Å². The van der Waals surface area contributed by atoms with Crippen molar-refractivity contribution in [2.24, 2.45) is 0 Å². The molecule has 0 amide bonds. The number of hydrogen-bond donors (Lipinski definition) is 1. The van der Waals surface area contributed by atoms with Gasteiger partial charge in [0.05, 0.1) is 6.73 Å². The molecule has 0 saturated carbocycles. The van der Waals surface area contributed by atoms with Gasteiger partial charge in [-0.05, 0) is 13.5 Å². The molecule has 2 nitrogen and oxygen atoms in total. The van der Waals surface area contributed by atoms with Gasteiger partial charge in [-0.25, -0.2) is 0 Å². The van der Waals surface area contributed by atoms with Gasteiger partial charge < -0.3 is 4.74 Å². The van der Waals surface area contributed by atoms with Crippen molar-refractivity contribution in [3.05, 3.63) is 0 Å². The van der Waals surface area contributed by atoms with Gasteiger partial charge in [-0.3, -0.25) is 5.32 Å². The summed E-state index contributed by atoms with van der Waals surface area (Å²) in [6, 6.07) is 0.